The van der Waals surface area contributed by atoms with Crippen molar-refractivity contribution in [3.8, 4) is 11.5 Å². The van der Waals surface area contributed by atoms with Gasteiger partial charge in [0.05, 0.1) is 5.56 Å². The number of carboxylic acids is 1. The van der Waals surface area contributed by atoms with Crippen molar-refractivity contribution in [3.63, 3.8) is 0 Å². The normalized spacial score (nSPS) is 15.8. The van der Waals surface area contributed by atoms with Crippen molar-refractivity contribution in [1.82, 2.24) is 0 Å². The molecule has 4 heteroatoms. The van der Waals surface area contributed by atoms with E-state index in [0.29, 0.717) is 17.7 Å². The molecule has 132 valence electrons. The second-order valence-corrected chi connectivity index (χ2v) is 7.05. The van der Waals surface area contributed by atoms with Crippen LogP contribution < -0.4 is 4.74 Å². The summed E-state index contributed by atoms with van der Waals surface area (Å²) >= 11 is 0. The van der Waals surface area contributed by atoms with Gasteiger partial charge in [0.25, 0.3) is 0 Å². The maximum absolute atomic E-state index is 10.9. The van der Waals surface area contributed by atoms with E-state index in [1.165, 1.54) is 6.42 Å². The molecule has 1 aromatic rings. The monoisotopic (exact) mass is 332 g/mol. The highest BCUT2D eigenvalue weighted by molar-refractivity contribution is 5.80. The number of carbonyl (C=O) groups is 1. The van der Waals surface area contributed by atoms with E-state index in [4.69, 9.17) is 9.84 Å². The average Bonchev–Trinajstić information content (AvgIpc) is 2.45. The maximum atomic E-state index is 10.9. The summed E-state index contributed by atoms with van der Waals surface area (Å²) in [4.78, 5) is 10.9. The first-order chi connectivity index (χ1) is 11.3. The molecule has 0 aliphatic carbocycles. The summed E-state index contributed by atoms with van der Waals surface area (Å²) in [5.74, 6) is 0.0929. The summed E-state index contributed by atoms with van der Waals surface area (Å²) in [6.45, 7) is 8.02. The number of allylic oxidation sites excluding steroid dienone is 1. The summed E-state index contributed by atoms with van der Waals surface area (Å²) in [6.07, 6.45) is 4.83. The van der Waals surface area contributed by atoms with Crippen molar-refractivity contribution in [2.24, 2.45) is 0 Å². The largest absolute Gasteiger partial charge is 0.507 e. The minimum atomic E-state index is -0.826. The Morgan fingerprint density at radius 1 is 1.21 bits per heavy atom. The summed E-state index contributed by atoms with van der Waals surface area (Å²) in [5.41, 5.74) is 3.08. The molecule has 0 amide bonds. The number of aliphatic carboxylic acids is 1. The third-order valence-corrected chi connectivity index (χ3v) is 4.72. The van der Waals surface area contributed by atoms with Gasteiger partial charge in [0, 0.05) is 6.42 Å². The molecule has 1 aliphatic rings. The topological polar surface area (TPSA) is 66.8 Å². The molecule has 4 nitrogen and oxygen atoms in total. The molecule has 1 aromatic carbocycles. The molecule has 0 saturated carbocycles. The second-order valence-electron chi connectivity index (χ2n) is 7.05. The Morgan fingerprint density at radius 2 is 1.92 bits per heavy atom. The molecular formula is C20H28O4. The highest BCUT2D eigenvalue weighted by atomic mass is 16.5. The summed E-state index contributed by atoms with van der Waals surface area (Å²) < 4.78 is 6.15. The number of carboxylic acid groups (broad SMARTS) is 1. The molecule has 1 aliphatic heterocycles. The van der Waals surface area contributed by atoms with Gasteiger partial charge in [0.2, 0.25) is 0 Å². The van der Waals surface area contributed by atoms with Gasteiger partial charge in [-0.3, -0.25) is 4.79 Å². The van der Waals surface area contributed by atoms with Crippen LogP contribution in [0.3, 0.4) is 0 Å². The number of aryl methyl sites for hydroxylation is 1. The van der Waals surface area contributed by atoms with E-state index in [9.17, 15) is 9.90 Å². The van der Waals surface area contributed by atoms with Crippen LogP contribution in [0.5, 0.6) is 11.5 Å². The maximum Gasteiger partial charge on any atom is 0.303 e. The lowest BCUT2D eigenvalue weighted by Crippen LogP contribution is -2.34. The minimum Gasteiger partial charge on any atom is -0.507 e. The number of hydrogen-bond donors (Lipinski definition) is 2. The third-order valence-electron chi connectivity index (χ3n) is 4.72. The van der Waals surface area contributed by atoms with Gasteiger partial charge >= 0.3 is 5.97 Å². The van der Waals surface area contributed by atoms with Crippen LogP contribution in [0.25, 0.3) is 5.57 Å². The van der Waals surface area contributed by atoms with Gasteiger partial charge in [-0.05, 0) is 68.9 Å². The van der Waals surface area contributed by atoms with Gasteiger partial charge in [0.15, 0.2) is 0 Å². The van der Waals surface area contributed by atoms with Crippen molar-refractivity contribution >= 4 is 11.5 Å². The standard InChI is InChI=1S/C20H28O4/c1-5-6-7-8-14-11-16(21)19-13(2)15(9-10-18(22)23)20(3,4)24-17(19)12-14/h11-12,21H,5-10H2,1-4H3,(H,22,23). The summed E-state index contributed by atoms with van der Waals surface area (Å²) in [7, 11) is 0. The number of hydrogen-bond acceptors (Lipinski definition) is 3. The predicted molar refractivity (Wildman–Crippen MR) is 95.5 cm³/mol. The number of benzene rings is 1. The Bertz CT molecular complexity index is 656. The Labute approximate surface area is 144 Å². The zero-order chi connectivity index (χ0) is 17.9. The zero-order valence-corrected chi connectivity index (χ0v) is 15.1. The Hall–Kier alpha value is -1.97. The van der Waals surface area contributed by atoms with Gasteiger partial charge in [0.1, 0.15) is 17.1 Å². The molecular weight excluding hydrogens is 304 g/mol. The predicted octanol–water partition coefficient (Wildman–Crippen LogP) is 4.93. The molecule has 0 radical (unpaired) electrons. The van der Waals surface area contributed by atoms with Crippen LogP contribution in [-0.4, -0.2) is 21.8 Å². The van der Waals surface area contributed by atoms with Gasteiger partial charge < -0.3 is 14.9 Å². The van der Waals surface area contributed by atoms with E-state index in [-0.39, 0.29) is 12.2 Å². The Morgan fingerprint density at radius 3 is 2.54 bits per heavy atom. The Kier molecular flexibility index (Phi) is 5.58. The number of rotatable bonds is 7. The Balaban J connectivity index is 2.38. The lowest BCUT2D eigenvalue weighted by molar-refractivity contribution is -0.137. The van der Waals surface area contributed by atoms with Crippen molar-refractivity contribution < 1.29 is 19.7 Å². The first-order valence-electron chi connectivity index (χ1n) is 8.73. The number of unbranched alkanes of at least 4 members (excludes halogenated alkanes) is 2. The van der Waals surface area contributed by atoms with Gasteiger partial charge in [-0.2, -0.15) is 0 Å². The van der Waals surface area contributed by atoms with Gasteiger partial charge in [-0.15, -0.1) is 0 Å². The third kappa shape index (κ3) is 3.92. The van der Waals surface area contributed by atoms with Crippen LogP contribution in [0.1, 0.15) is 70.9 Å². The van der Waals surface area contributed by atoms with Crippen molar-refractivity contribution in [2.45, 2.75) is 71.8 Å². The zero-order valence-electron chi connectivity index (χ0n) is 15.1. The molecule has 24 heavy (non-hydrogen) atoms. The molecule has 0 atom stereocenters. The van der Waals surface area contributed by atoms with E-state index in [1.807, 2.05) is 32.9 Å². The quantitative estimate of drug-likeness (QED) is 0.694. The van der Waals surface area contributed by atoms with E-state index in [2.05, 4.69) is 6.92 Å². The van der Waals surface area contributed by atoms with E-state index in [1.54, 1.807) is 0 Å². The van der Waals surface area contributed by atoms with Crippen molar-refractivity contribution in [1.29, 1.82) is 0 Å². The first-order valence-corrected chi connectivity index (χ1v) is 8.73. The lowest BCUT2D eigenvalue weighted by atomic mass is 9.83. The minimum absolute atomic E-state index is 0.0602. The van der Waals surface area contributed by atoms with E-state index < -0.39 is 11.6 Å². The number of phenols is 1. The number of ether oxygens (including phenoxy) is 1. The number of phenolic OH excluding ortho intramolecular Hbond substituents is 1. The van der Waals surface area contributed by atoms with Crippen LogP contribution in [0, 0.1) is 0 Å². The lowest BCUT2D eigenvalue weighted by Gasteiger charge is -2.37. The van der Waals surface area contributed by atoms with E-state index in [0.717, 1.165) is 36.0 Å². The molecule has 0 unspecified atom stereocenters. The van der Waals surface area contributed by atoms with Crippen LogP contribution in [-0.2, 0) is 11.2 Å². The smallest absolute Gasteiger partial charge is 0.303 e. The number of aromatic hydroxyl groups is 1. The average molecular weight is 332 g/mol. The number of fused-ring (bicyclic) bond motifs is 1. The fourth-order valence-corrected chi connectivity index (χ4v) is 3.50. The van der Waals surface area contributed by atoms with Gasteiger partial charge in [-0.1, -0.05) is 19.8 Å². The van der Waals surface area contributed by atoms with Crippen LogP contribution >= 0.6 is 0 Å². The van der Waals surface area contributed by atoms with Crippen LogP contribution in [0.15, 0.2) is 17.7 Å². The van der Waals surface area contributed by atoms with Crippen LogP contribution in [0.4, 0.5) is 0 Å². The summed E-state index contributed by atoms with van der Waals surface area (Å²) in [6, 6.07) is 3.83. The highest BCUT2D eigenvalue weighted by Gasteiger charge is 2.34. The highest BCUT2D eigenvalue weighted by Crippen LogP contribution is 2.46. The van der Waals surface area contributed by atoms with Gasteiger partial charge in [-0.25, -0.2) is 0 Å². The van der Waals surface area contributed by atoms with Crippen LogP contribution in [0.2, 0.25) is 0 Å². The molecule has 2 N–H and O–H groups in total. The molecule has 0 bridgehead atoms. The molecule has 0 fully saturated rings. The molecule has 0 aromatic heterocycles. The van der Waals surface area contributed by atoms with E-state index >= 15 is 0 Å². The first kappa shape index (κ1) is 18.4. The summed E-state index contributed by atoms with van der Waals surface area (Å²) in [5, 5.41) is 19.5. The second kappa shape index (κ2) is 7.29. The fraction of sp³-hybridized carbons (Fsp3) is 0.550. The molecule has 0 spiro atoms. The van der Waals surface area contributed by atoms with Crippen molar-refractivity contribution in [3.05, 3.63) is 28.8 Å². The molecule has 0 saturated heterocycles. The fourth-order valence-electron chi connectivity index (χ4n) is 3.50. The van der Waals surface area contributed by atoms with Crippen molar-refractivity contribution in [2.75, 3.05) is 0 Å². The SMILES string of the molecule is CCCCCc1cc(O)c2c(c1)OC(C)(C)C(CCC(=O)O)=C2C. The molecule has 2 rings (SSSR count). The molecule has 1 heterocycles.